The molecule has 0 amide bonds. The molecule has 0 bridgehead atoms. The Hall–Kier alpha value is -6.55. The van der Waals surface area contributed by atoms with E-state index in [1.165, 1.54) is 27.8 Å². The van der Waals surface area contributed by atoms with E-state index >= 15 is 0 Å². The van der Waals surface area contributed by atoms with E-state index in [9.17, 15) is 0 Å². The molecule has 9 aromatic rings. The molecule has 66 heavy (non-hydrogen) atoms. The molecular formula is C60H54N4OPt-2. The number of benzene rings is 7. The average molecular weight is 1040 g/mol. The molecule has 1 aliphatic rings. The van der Waals surface area contributed by atoms with Crippen LogP contribution in [0.1, 0.15) is 81.7 Å². The number of rotatable bonds is 8. The van der Waals surface area contributed by atoms with E-state index in [0.717, 1.165) is 72.9 Å². The molecule has 0 aliphatic carbocycles. The van der Waals surface area contributed by atoms with Crippen molar-refractivity contribution in [1.82, 2.24) is 14.1 Å². The minimum atomic E-state index is 0.0168. The van der Waals surface area contributed by atoms with Crippen LogP contribution in [0.25, 0.3) is 44.7 Å². The summed E-state index contributed by atoms with van der Waals surface area (Å²) in [6.07, 6.45) is 2.86. The van der Waals surface area contributed by atoms with Gasteiger partial charge in [-0.3, -0.25) is 0 Å². The van der Waals surface area contributed by atoms with Crippen LogP contribution in [-0.4, -0.2) is 20.7 Å². The second kappa shape index (κ2) is 17.3. The van der Waals surface area contributed by atoms with Gasteiger partial charge in [0, 0.05) is 6.20 Å². The Morgan fingerprint density at radius 2 is 1.20 bits per heavy atom. The molecule has 2 aromatic heterocycles. The molecule has 0 saturated heterocycles. The van der Waals surface area contributed by atoms with E-state index in [2.05, 4.69) is 252 Å². The second-order valence-electron chi connectivity index (χ2n) is 19.5. The van der Waals surface area contributed by atoms with Crippen molar-refractivity contribution in [3.05, 3.63) is 214 Å². The summed E-state index contributed by atoms with van der Waals surface area (Å²) in [5.41, 5.74) is 16.3. The van der Waals surface area contributed by atoms with Gasteiger partial charge in [0.15, 0.2) is 0 Å². The Labute approximate surface area is 400 Å². The topological polar surface area (TPSA) is 35.2 Å². The van der Waals surface area contributed by atoms with Gasteiger partial charge in [0.25, 0.3) is 0 Å². The molecule has 5 nitrogen and oxygen atoms in total. The number of ether oxygens (including phenoxy) is 1. The summed E-state index contributed by atoms with van der Waals surface area (Å²) in [4.78, 5) is 7.18. The third-order valence-electron chi connectivity index (χ3n) is 12.8. The van der Waals surface area contributed by atoms with Gasteiger partial charge >= 0.3 is 296 Å². The summed E-state index contributed by atoms with van der Waals surface area (Å²) in [5, 5.41) is 0. The zero-order valence-electron chi connectivity index (χ0n) is 38.7. The van der Waals surface area contributed by atoms with Crippen molar-refractivity contribution in [2.45, 2.75) is 71.6 Å². The number of aromatic nitrogens is 3. The van der Waals surface area contributed by atoms with E-state index < -0.39 is 0 Å². The van der Waals surface area contributed by atoms with Crippen molar-refractivity contribution in [3.63, 3.8) is 0 Å². The molecule has 0 fully saturated rings. The molecule has 332 valence electrons. The summed E-state index contributed by atoms with van der Waals surface area (Å²) in [5.74, 6) is 2.35. The van der Waals surface area contributed by atoms with Gasteiger partial charge in [0.1, 0.15) is 0 Å². The van der Waals surface area contributed by atoms with Gasteiger partial charge < -0.3 is 0 Å². The van der Waals surface area contributed by atoms with Crippen LogP contribution in [0, 0.1) is 22.9 Å². The average Bonchev–Trinajstić information content (AvgIpc) is 3.61. The second-order valence-corrected chi connectivity index (χ2v) is 20.5. The van der Waals surface area contributed by atoms with Gasteiger partial charge in [0.2, 0.25) is 0 Å². The number of aryl methyl sites for hydroxylation is 1. The summed E-state index contributed by atoms with van der Waals surface area (Å²) in [6.45, 7) is 16.8. The number of nitrogens with zero attached hydrogens (tertiary/aromatic N) is 4. The Morgan fingerprint density at radius 3 is 1.82 bits per heavy atom. The van der Waals surface area contributed by atoms with Gasteiger partial charge in [-0.15, -0.1) is 0 Å². The van der Waals surface area contributed by atoms with Crippen LogP contribution in [0.4, 0.5) is 11.5 Å². The van der Waals surface area contributed by atoms with Gasteiger partial charge in [-0.2, -0.15) is 0 Å². The summed E-state index contributed by atoms with van der Waals surface area (Å²) >= 11 is 2.49. The molecule has 10 rings (SSSR count). The molecule has 6 heteroatoms. The first-order valence-corrected chi connectivity index (χ1v) is 24.0. The van der Waals surface area contributed by atoms with Crippen LogP contribution >= 0.6 is 0 Å². The van der Waals surface area contributed by atoms with Crippen molar-refractivity contribution in [1.29, 1.82) is 0 Å². The van der Waals surface area contributed by atoms with E-state index in [1.54, 1.807) is 0 Å². The zero-order valence-corrected chi connectivity index (χ0v) is 40.9. The zero-order chi connectivity index (χ0) is 45.7. The molecule has 1 atom stereocenters. The first kappa shape index (κ1) is 43.3. The summed E-state index contributed by atoms with van der Waals surface area (Å²) in [6, 6.07) is 66.0. The number of fused-ring (bicyclic) bond motifs is 2. The van der Waals surface area contributed by atoms with Crippen LogP contribution < -0.4 is 9.64 Å². The molecule has 3 heterocycles. The third-order valence-corrected chi connectivity index (χ3v) is 13.8. The van der Waals surface area contributed by atoms with Gasteiger partial charge in [-0.25, -0.2) is 0 Å². The van der Waals surface area contributed by atoms with Crippen molar-refractivity contribution >= 4 is 22.5 Å². The summed E-state index contributed by atoms with van der Waals surface area (Å²) < 4.78 is 12.5. The number of para-hydroxylation sites is 3. The number of hydrogen-bond acceptors (Lipinski definition) is 3. The van der Waals surface area contributed by atoms with Gasteiger partial charge in [0.05, 0.1) is 0 Å². The first-order chi connectivity index (χ1) is 31.8. The first-order valence-electron chi connectivity index (χ1n) is 22.9. The van der Waals surface area contributed by atoms with Crippen LogP contribution in [0.2, 0.25) is 0 Å². The predicted octanol–water partition coefficient (Wildman–Crippen LogP) is 15.2. The van der Waals surface area contributed by atoms with Crippen molar-refractivity contribution in [2.75, 3.05) is 11.4 Å². The van der Waals surface area contributed by atoms with E-state index in [-0.39, 0.29) is 16.7 Å². The number of imidazole rings is 1. The molecule has 0 radical (unpaired) electrons. The quantitative estimate of drug-likeness (QED) is 0.142. The van der Waals surface area contributed by atoms with Crippen LogP contribution in [-0.2, 0) is 30.2 Å². The maximum atomic E-state index is 6.80. The maximum absolute atomic E-state index is 6.80. The molecule has 1 unspecified atom stereocenters. The fourth-order valence-electron chi connectivity index (χ4n) is 9.31. The van der Waals surface area contributed by atoms with E-state index in [1.807, 2.05) is 12.3 Å². The number of hydrogen-bond donors (Lipinski definition) is 0. The van der Waals surface area contributed by atoms with E-state index in [0.29, 0.717) is 11.5 Å². The SMILES string of the molecule is Cc1ccnc(N2CCC(c3cc(C(C)(C)C)cc(C(C)(C)C)c3)c3ccc(Oc4[c-]c(-n5[c](=[Pt])n(-c6c(-c7ccccc7)cccc6-c6ccccc6)c6ccccc65)ccc4)[c-]c32)c1. The Kier molecular flexibility index (Phi) is 11.4. The van der Waals surface area contributed by atoms with Gasteiger partial charge in [-0.05, 0) is 40.5 Å². The van der Waals surface area contributed by atoms with Crippen LogP contribution in [0.5, 0.6) is 11.5 Å². The number of anilines is 2. The summed E-state index contributed by atoms with van der Waals surface area (Å²) in [7, 11) is 0. The molecule has 0 saturated carbocycles. The monoisotopic (exact) mass is 1040 g/mol. The molecule has 0 N–H and O–H groups in total. The Balaban J connectivity index is 1.08. The van der Waals surface area contributed by atoms with E-state index in [4.69, 9.17) is 9.72 Å². The standard InChI is InChI=1S/C60H54N4O.Pt/c1-41-30-32-61-57(34-41)62-33-31-50(44-35-45(59(2,3)4)37-46(36-44)60(5,6)7)53-29-28-49(39-56(53)62)65-48-23-16-22-47(38-48)63-40-64(55-27-15-14-26-54(55)63)58-51(42-18-10-8-11-19-42)24-17-25-52(58)43-20-12-9-13-21-43;/h8-30,32,34-37,50H,31,33H2,1-7H3;/q-2;. The van der Waals surface area contributed by atoms with Crippen molar-refractivity contribution in [3.8, 4) is 45.1 Å². The Bertz CT molecular complexity index is 3210. The fourth-order valence-corrected chi connectivity index (χ4v) is 10.4. The molecule has 7 aromatic carbocycles. The molecule has 1 aliphatic heterocycles. The minimum absolute atomic E-state index is 0.0168. The predicted molar refractivity (Wildman–Crippen MR) is 267 cm³/mol. The van der Waals surface area contributed by atoms with Crippen molar-refractivity contribution < 1.29 is 24.1 Å². The van der Waals surface area contributed by atoms with Crippen LogP contribution in [0.15, 0.2) is 170 Å². The third kappa shape index (κ3) is 8.31. The normalized spacial score (nSPS) is 14.1. The Morgan fingerprint density at radius 1 is 0.606 bits per heavy atom. The molecular weight excluding hydrogens is 988 g/mol. The molecule has 0 spiro atoms. The van der Waals surface area contributed by atoms with Crippen molar-refractivity contribution in [2.24, 2.45) is 0 Å². The fraction of sp³-hybridized carbons (Fsp3) is 0.200. The van der Waals surface area contributed by atoms with Crippen LogP contribution in [0.3, 0.4) is 0 Å². The number of pyridine rings is 1. The van der Waals surface area contributed by atoms with Gasteiger partial charge in [-0.1, -0.05) is 59.7 Å².